The van der Waals surface area contributed by atoms with Crippen LogP contribution in [0.5, 0.6) is 0 Å². The molecule has 0 fully saturated rings. The number of aliphatic hydroxyl groups excluding tert-OH is 1. The van der Waals surface area contributed by atoms with Crippen LogP contribution in [0.25, 0.3) is 0 Å². The van der Waals surface area contributed by atoms with E-state index in [2.05, 4.69) is 16.0 Å². The molecule has 16 N–H and O–H groups in total. The van der Waals surface area contributed by atoms with E-state index < -0.39 is 30.1 Å². The zero-order valence-corrected chi connectivity index (χ0v) is 16.1. The van der Waals surface area contributed by atoms with Gasteiger partial charge in [-0.3, -0.25) is 37.1 Å². The number of ether oxygens (including phenoxy) is 2. The fraction of sp³-hybridized carbons (Fsp3) is 0.800. The summed E-state index contributed by atoms with van der Waals surface area (Å²) in [6.07, 6.45) is 0.361. The highest BCUT2D eigenvalue weighted by molar-refractivity contribution is 5.76. The van der Waals surface area contributed by atoms with Gasteiger partial charge < -0.3 is 31.8 Å². The van der Waals surface area contributed by atoms with Crippen LogP contribution in [0.3, 0.4) is 0 Å². The highest BCUT2D eigenvalue weighted by Crippen LogP contribution is 2.00. The molecule has 0 heterocycles. The second-order valence-corrected chi connectivity index (χ2v) is 6.35. The number of carbonyl (C=O) groups excluding carboxylic acids is 2. The summed E-state index contributed by atoms with van der Waals surface area (Å²) in [4.78, 5) is 26.2. The smallest absolute Gasteiger partial charge is 0.338 e. The Morgan fingerprint density at radius 2 is 1.50 bits per heavy atom. The van der Waals surface area contributed by atoms with Gasteiger partial charge in [0.2, 0.25) is 0 Å². The van der Waals surface area contributed by atoms with Crippen LogP contribution in [0.1, 0.15) is 25.7 Å². The standard InChI is InChI=1S/C15H34N8O5/c16-10(3-1-5-22-14(18)19)12(25)27-7-9(24)8-28-13(26)11(17)4-2-6-23-15(20)21/h9-11,14,22,24H,1-8,16-19H2,(H4,20,21,23)/p+2. The largest absolute Gasteiger partial charge is 0.462 e. The molecule has 0 aliphatic rings. The maximum Gasteiger partial charge on any atom is 0.338 e. The van der Waals surface area contributed by atoms with Gasteiger partial charge in [0.05, 0.1) is 6.54 Å². The molecule has 0 amide bonds. The molecule has 0 aromatic rings. The summed E-state index contributed by atoms with van der Waals surface area (Å²) in [7, 11) is 0. The first-order valence-electron chi connectivity index (χ1n) is 9.09. The van der Waals surface area contributed by atoms with Gasteiger partial charge in [-0.25, -0.2) is 0 Å². The van der Waals surface area contributed by atoms with Crippen molar-refractivity contribution in [1.29, 1.82) is 0 Å². The lowest BCUT2D eigenvalue weighted by molar-refractivity contribution is -0.459. The fourth-order valence-electron chi connectivity index (χ4n) is 2.02. The van der Waals surface area contributed by atoms with E-state index in [9.17, 15) is 14.7 Å². The Morgan fingerprint density at radius 1 is 1.00 bits per heavy atom. The molecule has 0 aliphatic carbocycles. The average molecular weight is 409 g/mol. The molecule has 0 aromatic carbocycles. The van der Waals surface area contributed by atoms with Gasteiger partial charge in [-0.15, -0.1) is 0 Å². The van der Waals surface area contributed by atoms with Crippen LogP contribution in [0.15, 0.2) is 0 Å². The van der Waals surface area contributed by atoms with Crippen molar-refractivity contribution in [3.8, 4) is 0 Å². The topological polar surface area (TPSA) is 257 Å². The van der Waals surface area contributed by atoms with Gasteiger partial charge in [-0.1, -0.05) is 0 Å². The normalized spacial score (nSPS) is 15.2. The van der Waals surface area contributed by atoms with Crippen LogP contribution >= 0.6 is 0 Å². The van der Waals surface area contributed by atoms with Crippen LogP contribution in [-0.2, 0) is 19.1 Å². The minimum atomic E-state index is -1.17. The van der Waals surface area contributed by atoms with Crippen molar-refractivity contribution in [1.82, 2.24) is 5.32 Å². The Morgan fingerprint density at radius 3 is 1.96 bits per heavy atom. The number of nitrogens with two attached hydrogens (primary N) is 5. The molecule has 0 aliphatic heterocycles. The first kappa shape index (κ1) is 26.0. The molecule has 28 heavy (non-hydrogen) atoms. The quantitative estimate of drug-likeness (QED) is 0.0404. The van der Waals surface area contributed by atoms with Crippen molar-refractivity contribution in [3.05, 3.63) is 0 Å². The van der Waals surface area contributed by atoms with E-state index in [-0.39, 0.29) is 25.5 Å². The number of rotatable bonds is 15. The molecule has 0 rings (SSSR count). The van der Waals surface area contributed by atoms with Gasteiger partial charge in [0.15, 0.2) is 6.29 Å². The summed E-state index contributed by atoms with van der Waals surface area (Å²) >= 11 is 0. The third-order valence-electron chi connectivity index (χ3n) is 3.56. The number of quaternary nitrogens is 1. The molecule has 0 bridgehead atoms. The molecule has 0 spiro atoms. The van der Waals surface area contributed by atoms with Crippen molar-refractivity contribution in [2.75, 3.05) is 26.3 Å². The van der Waals surface area contributed by atoms with Crippen molar-refractivity contribution in [2.24, 2.45) is 28.7 Å². The van der Waals surface area contributed by atoms with E-state index in [1.54, 1.807) is 0 Å². The molecular weight excluding hydrogens is 372 g/mol. The number of hydrogen-bond acceptors (Lipinski definition) is 9. The van der Waals surface area contributed by atoms with E-state index in [0.29, 0.717) is 38.8 Å². The molecule has 0 radical (unpaired) electrons. The van der Waals surface area contributed by atoms with E-state index in [1.807, 2.05) is 0 Å². The van der Waals surface area contributed by atoms with Gasteiger partial charge in [-0.2, -0.15) is 0 Å². The third kappa shape index (κ3) is 14.1. The zero-order valence-electron chi connectivity index (χ0n) is 16.1. The minimum Gasteiger partial charge on any atom is -0.462 e. The lowest BCUT2D eigenvalue weighted by atomic mass is 10.1. The number of esters is 2. The van der Waals surface area contributed by atoms with Crippen molar-refractivity contribution in [3.63, 3.8) is 0 Å². The third-order valence-corrected chi connectivity index (χ3v) is 3.56. The second kappa shape index (κ2) is 15.0. The van der Waals surface area contributed by atoms with Gasteiger partial charge in [-0.05, 0) is 25.7 Å². The molecule has 0 saturated heterocycles. The van der Waals surface area contributed by atoms with E-state index in [4.69, 9.17) is 38.1 Å². The summed E-state index contributed by atoms with van der Waals surface area (Å²) in [6.45, 7) is 0.355. The highest BCUT2D eigenvalue weighted by atomic mass is 16.6. The molecule has 13 nitrogen and oxygen atoms in total. The maximum absolute atomic E-state index is 11.7. The molecular formula is C15H36N8O5+2. The Bertz CT molecular complexity index is 487. The number of guanidine groups is 1. The van der Waals surface area contributed by atoms with E-state index >= 15 is 0 Å². The monoisotopic (exact) mass is 408 g/mol. The molecule has 4 atom stereocenters. The van der Waals surface area contributed by atoms with Gasteiger partial charge in [0, 0.05) is 6.54 Å². The highest BCUT2D eigenvalue weighted by Gasteiger charge is 2.19. The van der Waals surface area contributed by atoms with Crippen molar-refractivity contribution >= 4 is 17.9 Å². The van der Waals surface area contributed by atoms with Gasteiger partial charge in [0.1, 0.15) is 31.4 Å². The predicted molar refractivity (Wildman–Crippen MR) is 100 cm³/mol. The number of hydrogen-bond donors (Lipinski definition) is 9. The maximum atomic E-state index is 11.7. The van der Waals surface area contributed by atoms with E-state index in [0.717, 1.165) is 0 Å². The fourth-order valence-corrected chi connectivity index (χ4v) is 2.02. The molecule has 13 heteroatoms. The van der Waals surface area contributed by atoms with Crippen molar-refractivity contribution < 1.29 is 34.9 Å². The summed E-state index contributed by atoms with van der Waals surface area (Å²) in [5, 5.41) is 12.6. The van der Waals surface area contributed by atoms with Crippen molar-refractivity contribution in [2.45, 2.75) is 50.2 Å². The Balaban J connectivity index is 3.92. The van der Waals surface area contributed by atoms with E-state index in [1.165, 1.54) is 0 Å². The summed E-state index contributed by atoms with van der Waals surface area (Å²) in [5.74, 6) is -1.22. The van der Waals surface area contributed by atoms with Gasteiger partial charge >= 0.3 is 17.9 Å². The van der Waals surface area contributed by atoms with Crippen LogP contribution in [0.4, 0.5) is 0 Å². The average Bonchev–Trinajstić information content (AvgIpc) is 2.63. The number of nitrogens with one attached hydrogen (secondary N) is 2. The summed E-state index contributed by atoms with van der Waals surface area (Å²) < 4.78 is 9.81. The van der Waals surface area contributed by atoms with Crippen LogP contribution in [-0.4, -0.2) is 73.8 Å². The summed E-state index contributed by atoms with van der Waals surface area (Å²) in [5.41, 5.74) is 30.9. The predicted octanol–water partition coefficient (Wildman–Crippen LogP) is -6.92. The second-order valence-electron chi connectivity index (χ2n) is 6.35. The molecule has 0 aromatic heterocycles. The van der Waals surface area contributed by atoms with Crippen LogP contribution < -0.4 is 44.7 Å². The first-order valence-corrected chi connectivity index (χ1v) is 9.09. The zero-order chi connectivity index (χ0) is 21.5. The van der Waals surface area contributed by atoms with Crippen LogP contribution in [0, 0.1) is 0 Å². The Hall–Kier alpha value is -2.03. The SMILES string of the molecule is NC(N)=[NH+]CCCC(N)C(=O)OCC(O)COC(=O)C(N)CCCNC(N)[NH3+]. The van der Waals surface area contributed by atoms with Gasteiger partial charge in [0.25, 0.3) is 0 Å². The minimum absolute atomic E-state index is 0.0904. The molecule has 164 valence electrons. The lowest BCUT2D eigenvalue weighted by Crippen LogP contribution is -2.78. The number of carbonyl (C=O) groups is 2. The lowest BCUT2D eigenvalue weighted by Gasteiger charge is -2.16. The number of aliphatic hydroxyl groups is 1. The van der Waals surface area contributed by atoms with Crippen LogP contribution in [0.2, 0.25) is 0 Å². The molecule has 4 unspecified atom stereocenters. The molecule has 0 saturated carbocycles. The Labute approximate surface area is 164 Å². The first-order chi connectivity index (χ1) is 13.1. The summed E-state index contributed by atoms with van der Waals surface area (Å²) in [6, 6.07) is -1.66. The Kier molecular flexibility index (Phi) is 13.9.